The van der Waals surface area contributed by atoms with Crippen LogP contribution in [0.5, 0.6) is 11.5 Å². The van der Waals surface area contributed by atoms with E-state index in [0.717, 1.165) is 11.1 Å². The number of benzene rings is 3. The van der Waals surface area contributed by atoms with Crippen molar-refractivity contribution in [1.82, 2.24) is 20.3 Å². The second-order valence-corrected chi connectivity index (χ2v) is 10.1. The highest BCUT2D eigenvalue weighted by Crippen LogP contribution is 2.37. The summed E-state index contributed by atoms with van der Waals surface area (Å²) in [4.78, 5) is 29.9. The normalized spacial score (nSPS) is 12.2. The summed E-state index contributed by atoms with van der Waals surface area (Å²) in [5.41, 5.74) is 2.93. The van der Waals surface area contributed by atoms with Crippen LogP contribution in [0.2, 0.25) is 0 Å². The quantitative estimate of drug-likeness (QED) is 0.316. The molecule has 9 heteroatoms. The third-order valence-electron chi connectivity index (χ3n) is 6.85. The second kappa shape index (κ2) is 11.6. The standard InChI is InChI=1S/C30H35N5O4/c1-7-30(3,4)31-29(37)28(21-13-15-22(38-5)16-14-21)35(25-18-20(2)12-17-26(25)39-6)27(36)19-34-24-11-9-8-10-23(24)32-33-34/h8-18,28H,7,19H2,1-6H3,(H,31,37)/t28-/m0/s1. The lowest BCUT2D eigenvalue weighted by Gasteiger charge is -2.35. The second-order valence-electron chi connectivity index (χ2n) is 10.1. The Balaban J connectivity index is 1.88. The van der Waals surface area contributed by atoms with Crippen LogP contribution in [-0.4, -0.2) is 46.6 Å². The molecule has 0 saturated carbocycles. The topological polar surface area (TPSA) is 98.6 Å². The Morgan fingerprint density at radius 2 is 1.74 bits per heavy atom. The van der Waals surface area contributed by atoms with Crippen LogP contribution < -0.4 is 19.7 Å². The molecule has 0 spiro atoms. The van der Waals surface area contributed by atoms with E-state index in [1.54, 1.807) is 49.2 Å². The predicted molar refractivity (Wildman–Crippen MR) is 151 cm³/mol. The number of carbonyl (C=O) groups is 2. The van der Waals surface area contributed by atoms with Crippen LogP contribution in [0.15, 0.2) is 66.7 Å². The van der Waals surface area contributed by atoms with Gasteiger partial charge in [0.25, 0.3) is 0 Å². The molecule has 1 atom stereocenters. The number of aromatic nitrogens is 3. The first-order valence-corrected chi connectivity index (χ1v) is 12.9. The van der Waals surface area contributed by atoms with Crippen molar-refractivity contribution in [3.8, 4) is 11.5 Å². The van der Waals surface area contributed by atoms with Crippen LogP contribution in [0.1, 0.15) is 44.4 Å². The fourth-order valence-corrected chi connectivity index (χ4v) is 4.34. The van der Waals surface area contributed by atoms with E-state index in [1.807, 2.05) is 64.1 Å². The maximum atomic E-state index is 14.3. The van der Waals surface area contributed by atoms with Gasteiger partial charge in [-0.2, -0.15) is 0 Å². The monoisotopic (exact) mass is 529 g/mol. The third kappa shape index (κ3) is 6.03. The number of hydrogen-bond donors (Lipinski definition) is 1. The maximum Gasteiger partial charge on any atom is 0.249 e. The average molecular weight is 530 g/mol. The summed E-state index contributed by atoms with van der Waals surface area (Å²) in [5.74, 6) is 0.456. The zero-order chi connectivity index (χ0) is 28.2. The van der Waals surface area contributed by atoms with Gasteiger partial charge in [0.05, 0.1) is 25.4 Å². The molecular formula is C30H35N5O4. The van der Waals surface area contributed by atoms with E-state index in [1.165, 1.54) is 4.90 Å². The highest BCUT2D eigenvalue weighted by molar-refractivity contribution is 6.02. The number of nitrogens with one attached hydrogen (secondary N) is 1. The molecule has 3 aromatic carbocycles. The number of rotatable bonds is 10. The minimum Gasteiger partial charge on any atom is -0.497 e. The zero-order valence-electron chi connectivity index (χ0n) is 23.3. The van der Waals surface area contributed by atoms with Gasteiger partial charge in [-0.1, -0.05) is 42.5 Å². The third-order valence-corrected chi connectivity index (χ3v) is 6.85. The van der Waals surface area contributed by atoms with Crippen molar-refractivity contribution >= 4 is 28.5 Å². The van der Waals surface area contributed by atoms with Crippen molar-refractivity contribution in [2.75, 3.05) is 19.1 Å². The number of para-hydroxylation sites is 1. The summed E-state index contributed by atoms with van der Waals surface area (Å²) in [7, 11) is 3.13. The summed E-state index contributed by atoms with van der Waals surface area (Å²) >= 11 is 0. The molecule has 0 aliphatic rings. The molecule has 1 heterocycles. The average Bonchev–Trinajstić information content (AvgIpc) is 3.34. The van der Waals surface area contributed by atoms with E-state index in [4.69, 9.17) is 9.47 Å². The fourth-order valence-electron chi connectivity index (χ4n) is 4.34. The molecule has 1 N–H and O–H groups in total. The molecule has 4 aromatic rings. The lowest BCUT2D eigenvalue weighted by Crippen LogP contribution is -2.51. The highest BCUT2D eigenvalue weighted by Gasteiger charge is 2.36. The van der Waals surface area contributed by atoms with Gasteiger partial charge in [0.2, 0.25) is 11.8 Å². The van der Waals surface area contributed by atoms with E-state index in [0.29, 0.717) is 34.7 Å². The maximum absolute atomic E-state index is 14.3. The number of methoxy groups -OCH3 is 2. The Labute approximate surface area is 228 Å². The number of ether oxygens (including phenoxy) is 2. The Hall–Kier alpha value is -4.40. The van der Waals surface area contributed by atoms with E-state index >= 15 is 0 Å². The van der Waals surface area contributed by atoms with Gasteiger partial charge in [-0.3, -0.25) is 14.5 Å². The first-order valence-electron chi connectivity index (χ1n) is 12.9. The Bertz CT molecular complexity index is 1460. The Kier molecular flexibility index (Phi) is 8.18. The summed E-state index contributed by atoms with van der Waals surface area (Å²) in [6, 6.07) is 19.1. The van der Waals surface area contributed by atoms with Gasteiger partial charge in [0.15, 0.2) is 0 Å². The van der Waals surface area contributed by atoms with Gasteiger partial charge >= 0.3 is 0 Å². The summed E-state index contributed by atoms with van der Waals surface area (Å²) < 4.78 is 12.6. The SMILES string of the molecule is CCC(C)(C)NC(=O)[C@H](c1ccc(OC)cc1)N(C(=O)Cn1nnc2ccccc21)c1cc(C)ccc1OC. The Morgan fingerprint density at radius 1 is 1.03 bits per heavy atom. The fraction of sp³-hybridized carbons (Fsp3) is 0.333. The number of amides is 2. The number of carbonyl (C=O) groups excluding carboxylic acids is 2. The minimum absolute atomic E-state index is 0.130. The molecule has 1 aromatic heterocycles. The molecule has 0 unspecified atom stereocenters. The van der Waals surface area contributed by atoms with Crippen LogP contribution in [-0.2, 0) is 16.1 Å². The molecule has 39 heavy (non-hydrogen) atoms. The molecule has 0 bridgehead atoms. The number of anilines is 1. The molecule has 2 amide bonds. The first-order chi connectivity index (χ1) is 18.7. The van der Waals surface area contributed by atoms with Gasteiger partial charge in [-0.25, -0.2) is 4.68 Å². The lowest BCUT2D eigenvalue weighted by molar-refractivity contribution is -0.128. The largest absolute Gasteiger partial charge is 0.497 e. The zero-order valence-corrected chi connectivity index (χ0v) is 23.3. The van der Waals surface area contributed by atoms with Crippen molar-refractivity contribution < 1.29 is 19.1 Å². The van der Waals surface area contributed by atoms with Crippen molar-refractivity contribution in [3.05, 3.63) is 77.9 Å². The van der Waals surface area contributed by atoms with Crippen LogP contribution in [0.3, 0.4) is 0 Å². The van der Waals surface area contributed by atoms with Crippen molar-refractivity contribution in [2.24, 2.45) is 0 Å². The predicted octanol–water partition coefficient (Wildman–Crippen LogP) is 4.84. The van der Waals surface area contributed by atoms with E-state index in [-0.39, 0.29) is 18.4 Å². The molecule has 0 aliphatic carbocycles. The first kappa shape index (κ1) is 27.6. The van der Waals surface area contributed by atoms with Crippen LogP contribution >= 0.6 is 0 Å². The van der Waals surface area contributed by atoms with Gasteiger partial charge < -0.3 is 14.8 Å². The molecule has 0 fully saturated rings. The van der Waals surface area contributed by atoms with Crippen molar-refractivity contribution in [3.63, 3.8) is 0 Å². The van der Waals surface area contributed by atoms with Crippen LogP contribution in [0.4, 0.5) is 5.69 Å². The number of aryl methyl sites for hydroxylation is 1. The number of hydrogen-bond acceptors (Lipinski definition) is 6. The van der Waals surface area contributed by atoms with Gasteiger partial charge in [-0.05, 0) is 74.7 Å². The van der Waals surface area contributed by atoms with E-state index < -0.39 is 11.6 Å². The van der Waals surface area contributed by atoms with E-state index in [2.05, 4.69) is 15.6 Å². The molecule has 204 valence electrons. The van der Waals surface area contributed by atoms with Crippen LogP contribution in [0, 0.1) is 6.92 Å². The Morgan fingerprint density at radius 3 is 2.41 bits per heavy atom. The molecule has 0 radical (unpaired) electrons. The van der Waals surface area contributed by atoms with Crippen molar-refractivity contribution in [2.45, 2.75) is 52.2 Å². The number of nitrogens with zero attached hydrogens (tertiary/aromatic N) is 4. The molecular weight excluding hydrogens is 494 g/mol. The molecule has 0 saturated heterocycles. The molecule has 4 rings (SSSR count). The smallest absolute Gasteiger partial charge is 0.249 e. The minimum atomic E-state index is -1.00. The van der Waals surface area contributed by atoms with Gasteiger partial charge in [0, 0.05) is 5.54 Å². The van der Waals surface area contributed by atoms with Gasteiger partial charge in [-0.15, -0.1) is 5.10 Å². The van der Waals surface area contributed by atoms with Crippen LogP contribution in [0.25, 0.3) is 11.0 Å². The highest BCUT2D eigenvalue weighted by atomic mass is 16.5. The molecule has 9 nitrogen and oxygen atoms in total. The van der Waals surface area contributed by atoms with Gasteiger partial charge in [0.1, 0.15) is 29.6 Å². The summed E-state index contributed by atoms with van der Waals surface area (Å²) in [6.07, 6.45) is 0.709. The summed E-state index contributed by atoms with van der Waals surface area (Å²) in [6.45, 7) is 7.72. The summed E-state index contributed by atoms with van der Waals surface area (Å²) in [5, 5.41) is 11.5. The molecule has 0 aliphatic heterocycles. The lowest BCUT2D eigenvalue weighted by atomic mass is 9.98. The van der Waals surface area contributed by atoms with Crippen molar-refractivity contribution in [1.29, 1.82) is 0 Å². The van der Waals surface area contributed by atoms with E-state index in [9.17, 15) is 9.59 Å². The number of fused-ring (bicyclic) bond motifs is 1.